The van der Waals surface area contributed by atoms with Crippen molar-refractivity contribution in [1.29, 1.82) is 0 Å². The molecule has 0 saturated carbocycles. The standard InChI is InChI=1S/C13H19FN2O/c1-15-6-7-16(2)12(9-15)10-4-5-13(17-3)11(14)8-10/h4-5,8,12H,6-7,9H2,1-3H3. The molecule has 1 heterocycles. The minimum absolute atomic E-state index is 0.258. The third-order valence-corrected chi connectivity index (χ3v) is 3.41. The second-order valence-electron chi connectivity index (χ2n) is 4.65. The average Bonchev–Trinajstić information content (AvgIpc) is 2.32. The van der Waals surface area contributed by atoms with Gasteiger partial charge in [0.25, 0.3) is 0 Å². The van der Waals surface area contributed by atoms with Crippen molar-refractivity contribution >= 4 is 0 Å². The Morgan fingerprint density at radius 1 is 1.29 bits per heavy atom. The lowest BCUT2D eigenvalue weighted by atomic mass is 10.0. The van der Waals surface area contributed by atoms with E-state index in [4.69, 9.17) is 4.74 Å². The highest BCUT2D eigenvalue weighted by Crippen LogP contribution is 2.27. The number of hydrogen-bond donors (Lipinski definition) is 0. The van der Waals surface area contributed by atoms with E-state index in [0.29, 0.717) is 5.75 Å². The topological polar surface area (TPSA) is 15.7 Å². The van der Waals surface area contributed by atoms with E-state index in [2.05, 4.69) is 23.9 Å². The minimum Gasteiger partial charge on any atom is -0.494 e. The quantitative estimate of drug-likeness (QED) is 0.780. The number of rotatable bonds is 2. The van der Waals surface area contributed by atoms with Crippen LogP contribution in [0.2, 0.25) is 0 Å². The van der Waals surface area contributed by atoms with Crippen LogP contribution in [0, 0.1) is 5.82 Å². The van der Waals surface area contributed by atoms with Gasteiger partial charge in [0.05, 0.1) is 7.11 Å². The Morgan fingerprint density at radius 3 is 2.71 bits per heavy atom. The smallest absolute Gasteiger partial charge is 0.165 e. The number of likely N-dealkylation sites (N-methyl/N-ethyl adjacent to an activating group) is 2. The Hall–Kier alpha value is -1.13. The van der Waals surface area contributed by atoms with Gasteiger partial charge in [-0.3, -0.25) is 4.90 Å². The van der Waals surface area contributed by atoms with Gasteiger partial charge in [0, 0.05) is 25.7 Å². The molecule has 1 saturated heterocycles. The summed E-state index contributed by atoms with van der Waals surface area (Å²) in [6.45, 7) is 3.00. The van der Waals surface area contributed by atoms with Crippen LogP contribution in [0.1, 0.15) is 11.6 Å². The maximum atomic E-state index is 13.7. The Morgan fingerprint density at radius 2 is 2.06 bits per heavy atom. The molecule has 1 aromatic rings. The number of ether oxygens (including phenoxy) is 1. The normalized spacial score (nSPS) is 22.7. The number of methoxy groups -OCH3 is 1. The largest absolute Gasteiger partial charge is 0.494 e. The van der Waals surface area contributed by atoms with Crippen LogP contribution in [-0.4, -0.2) is 50.6 Å². The fourth-order valence-electron chi connectivity index (χ4n) is 2.26. The van der Waals surface area contributed by atoms with Gasteiger partial charge in [-0.25, -0.2) is 4.39 Å². The van der Waals surface area contributed by atoms with Crippen LogP contribution in [-0.2, 0) is 0 Å². The summed E-state index contributed by atoms with van der Waals surface area (Å²) in [6.07, 6.45) is 0. The molecule has 0 N–H and O–H groups in total. The third-order valence-electron chi connectivity index (χ3n) is 3.41. The van der Waals surface area contributed by atoms with Crippen LogP contribution in [0.15, 0.2) is 18.2 Å². The van der Waals surface area contributed by atoms with Crippen molar-refractivity contribution < 1.29 is 9.13 Å². The van der Waals surface area contributed by atoms with Gasteiger partial charge in [0.15, 0.2) is 11.6 Å². The SMILES string of the molecule is COc1ccc(C2CN(C)CCN2C)cc1F. The van der Waals surface area contributed by atoms with Crippen LogP contribution in [0.25, 0.3) is 0 Å². The summed E-state index contributed by atoms with van der Waals surface area (Å²) in [5, 5.41) is 0. The monoisotopic (exact) mass is 238 g/mol. The molecule has 0 spiro atoms. The number of halogens is 1. The molecule has 1 atom stereocenters. The van der Waals surface area contributed by atoms with Gasteiger partial charge in [0.2, 0.25) is 0 Å². The minimum atomic E-state index is -0.286. The molecule has 0 aromatic heterocycles. The molecule has 0 aliphatic carbocycles. The number of benzene rings is 1. The van der Waals surface area contributed by atoms with E-state index in [0.717, 1.165) is 25.2 Å². The number of hydrogen-bond acceptors (Lipinski definition) is 3. The zero-order valence-corrected chi connectivity index (χ0v) is 10.6. The molecule has 0 bridgehead atoms. The first-order chi connectivity index (χ1) is 8.11. The van der Waals surface area contributed by atoms with Crippen LogP contribution >= 0.6 is 0 Å². The predicted octanol–water partition coefficient (Wildman–Crippen LogP) is 1.75. The lowest BCUT2D eigenvalue weighted by molar-refractivity contribution is 0.115. The molecule has 0 radical (unpaired) electrons. The van der Waals surface area contributed by atoms with E-state index < -0.39 is 0 Å². The van der Waals surface area contributed by atoms with Crippen molar-refractivity contribution in [1.82, 2.24) is 9.80 Å². The molecule has 1 fully saturated rings. The lowest BCUT2D eigenvalue weighted by Crippen LogP contribution is -2.44. The van der Waals surface area contributed by atoms with Crippen molar-refractivity contribution in [2.75, 3.05) is 40.8 Å². The summed E-state index contributed by atoms with van der Waals surface area (Å²) in [5.41, 5.74) is 1.01. The first-order valence-electron chi connectivity index (χ1n) is 5.84. The summed E-state index contributed by atoms with van der Waals surface area (Å²) in [4.78, 5) is 4.54. The van der Waals surface area contributed by atoms with E-state index in [9.17, 15) is 4.39 Å². The average molecular weight is 238 g/mol. The molecule has 3 nitrogen and oxygen atoms in total. The highest BCUT2D eigenvalue weighted by molar-refractivity contribution is 5.31. The van der Waals surface area contributed by atoms with E-state index in [1.54, 1.807) is 12.1 Å². The number of piperazine rings is 1. The van der Waals surface area contributed by atoms with Crippen molar-refractivity contribution in [3.05, 3.63) is 29.6 Å². The predicted molar refractivity (Wildman–Crippen MR) is 65.8 cm³/mol. The Kier molecular flexibility index (Phi) is 3.64. The van der Waals surface area contributed by atoms with Gasteiger partial charge in [0.1, 0.15) is 0 Å². The molecule has 4 heteroatoms. The van der Waals surface area contributed by atoms with Crippen LogP contribution in [0.5, 0.6) is 5.75 Å². The molecule has 2 rings (SSSR count). The molecular weight excluding hydrogens is 219 g/mol. The van der Waals surface area contributed by atoms with E-state index in [1.807, 2.05) is 6.07 Å². The summed E-state index contributed by atoms with van der Waals surface area (Å²) in [6, 6.07) is 5.49. The summed E-state index contributed by atoms with van der Waals surface area (Å²) < 4.78 is 18.6. The van der Waals surface area contributed by atoms with E-state index in [1.165, 1.54) is 7.11 Å². The van der Waals surface area contributed by atoms with Gasteiger partial charge in [-0.1, -0.05) is 6.07 Å². The second-order valence-corrected chi connectivity index (χ2v) is 4.65. The van der Waals surface area contributed by atoms with Crippen molar-refractivity contribution in [2.45, 2.75) is 6.04 Å². The maximum absolute atomic E-state index is 13.7. The van der Waals surface area contributed by atoms with E-state index >= 15 is 0 Å². The van der Waals surface area contributed by atoms with Gasteiger partial charge >= 0.3 is 0 Å². The van der Waals surface area contributed by atoms with Gasteiger partial charge in [-0.15, -0.1) is 0 Å². The van der Waals surface area contributed by atoms with Crippen molar-refractivity contribution in [3.63, 3.8) is 0 Å². The highest BCUT2D eigenvalue weighted by atomic mass is 19.1. The highest BCUT2D eigenvalue weighted by Gasteiger charge is 2.24. The summed E-state index contributed by atoms with van der Waals surface area (Å²) in [5.74, 6) is 0.0205. The fraction of sp³-hybridized carbons (Fsp3) is 0.538. The maximum Gasteiger partial charge on any atom is 0.165 e. The third kappa shape index (κ3) is 2.58. The van der Waals surface area contributed by atoms with Crippen LogP contribution in [0.4, 0.5) is 4.39 Å². The molecule has 94 valence electrons. The lowest BCUT2D eigenvalue weighted by Gasteiger charge is -2.38. The van der Waals surface area contributed by atoms with Gasteiger partial charge in [-0.2, -0.15) is 0 Å². The summed E-state index contributed by atoms with van der Waals surface area (Å²) in [7, 11) is 5.66. The Bertz CT molecular complexity index is 397. The Balaban J connectivity index is 2.23. The van der Waals surface area contributed by atoms with Crippen molar-refractivity contribution in [3.8, 4) is 5.75 Å². The van der Waals surface area contributed by atoms with Gasteiger partial charge < -0.3 is 9.64 Å². The zero-order chi connectivity index (χ0) is 12.4. The first-order valence-corrected chi connectivity index (χ1v) is 5.84. The molecule has 1 aliphatic rings. The molecule has 1 aliphatic heterocycles. The molecule has 0 amide bonds. The molecular formula is C13H19FN2O. The Labute approximate surface area is 102 Å². The molecule has 1 aromatic carbocycles. The number of nitrogens with zero attached hydrogens (tertiary/aromatic N) is 2. The summed E-state index contributed by atoms with van der Waals surface area (Å²) >= 11 is 0. The van der Waals surface area contributed by atoms with Gasteiger partial charge in [-0.05, 0) is 31.8 Å². The first kappa shape index (κ1) is 12.3. The van der Waals surface area contributed by atoms with E-state index in [-0.39, 0.29) is 11.9 Å². The van der Waals surface area contributed by atoms with Crippen LogP contribution in [0.3, 0.4) is 0 Å². The zero-order valence-electron chi connectivity index (χ0n) is 10.6. The van der Waals surface area contributed by atoms with Crippen molar-refractivity contribution in [2.24, 2.45) is 0 Å². The fourth-order valence-corrected chi connectivity index (χ4v) is 2.26. The second kappa shape index (κ2) is 5.02. The molecule has 17 heavy (non-hydrogen) atoms. The molecule has 1 unspecified atom stereocenters. The van der Waals surface area contributed by atoms with Crippen LogP contribution < -0.4 is 4.74 Å².